The van der Waals surface area contributed by atoms with Crippen LogP contribution in [0.2, 0.25) is 0 Å². The molecular weight excluding hydrogens is 162 g/mol. The number of carbonyl (C=O) groups is 1. The number of tetrazole rings is 1. The highest BCUT2D eigenvalue weighted by Gasteiger charge is 2.02. The Kier molecular flexibility index (Phi) is 2.70. The Hall–Kier alpha value is -1.50. The molecule has 0 aromatic carbocycles. The van der Waals surface area contributed by atoms with Crippen molar-refractivity contribution in [3.05, 3.63) is 5.82 Å². The van der Waals surface area contributed by atoms with Crippen molar-refractivity contribution in [3.8, 4) is 0 Å². The Labute approximate surface area is 68.4 Å². The number of aryl methyl sites for hydroxylation is 1. The molecule has 1 amide bonds. The van der Waals surface area contributed by atoms with Gasteiger partial charge >= 0.3 is 0 Å². The number of hydrogen-bond donors (Lipinski definition) is 2. The lowest BCUT2D eigenvalue weighted by atomic mass is 10.5. The number of aliphatic hydroxyl groups excluding tert-OH is 1. The quantitative estimate of drug-likeness (QED) is 0.539. The minimum absolute atomic E-state index is 0.188. The fraction of sp³-hybridized carbons (Fsp3) is 0.600. The summed E-state index contributed by atoms with van der Waals surface area (Å²) in [6, 6.07) is 0. The van der Waals surface area contributed by atoms with Crippen molar-refractivity contribution in [2.75, 3.05) is 6.61 Å². The molecule has 0 unspecified atom stereocenters. The van der Waals surface area contributed by atoms with E-state index in [9.17, 15) is 4.79 Å². The Balaban J connectivity index is 2.38. The first-order chi connectivity index (χ1) is 5.72. The van der Waals surface area contributed by atoms with Crippen LogP contribution in [0, 0.1) is 0 Å². The summed E-state index contributed by atoms with van der Waals surface area (Å²) in [6.45, 7) is -0.340. The van der Waals surface area contributed by atoms with E-state index in [-0.39, 0.29) is 6.54 Å². The summed E-state index contributed by atoms with van der Waals surface area (Å²) in [6.07, 6.45) is 0. The Bertz CT molecular complexity index is 271. The zero-order valence-corrected chi connectivity index (χ0v) is 6.56. The molecule has 1 heterocycles. The molecule has 0 aliphatic carbocycles. The highest BCUT2D eigenvalue weighted by atomic mass is 16.3. The van der Waals surface area contributed by atoms with Crippen LogP contribution in [0.5, 0.6) is 0 Å². The van der Waals surface area contributed by atoms with E-state index in [1.165, 1.54) is 4.80 Å². The Morgan fingerprint density at radius 1 is 1.75 bits per heavy atom. The third-order valence-corrected chi connectivity index (χ3v) is 1.14. The summed E-state index contributed by atoms with van der Waals surface area (Å²) in [5.41, 5.74) is 0. The van der Waals surface area contributed by atoms with E-state index in [0.29, 0.717) is 5.82 Å². The maximum atomic E-state index is 10.5. The van der Waals surface area contributed by atoms with E-state index in [0.717, 1.165) is 0 Å². The van der Waals surface area contributed by atoms with Crippen LogP contribution in [0.1, 0.15) is 5.82 Å². The van der Waals surface area contributed by atoms with Crippen molar-refractivity contribution in [1.29, 1.82) is 0 Å². The standard InChI is InChI=1S/C5H9N5O2/c1-10-8-4(7-9-10)2-6-5(12)3-11/h11H,2-3H2,1H3,(H,6,12). The fourth-order valence-corrected chi connectivity index (χ4v) is 0.628. The number of carbonyl (C=O) groups excluding carboxylic acids is 1. The van der Waals surface area contributed by atoms with E-state index in [4.69, 9.17) is 5.11 Å². The molecule has 0 saturated carbocycles. The monoisotopic (exact) mass is 171 g/mol. The molecule has 0 atom stereocenters. The van der Waals surface area contributed by atoms with Gasteiger partial charge in [0.2, 0.25) is 5.91 Å². The van der Waals surface area contributed by atoms with Gasteiger partial charge in [-0.3, -0.25) is 4.79 Å². The molecule has 12 heavy (non-hydrogen) atoms. The second kappa shape index (κ2) is 3.77. The van der Waals surface area contributed by atoms with Gasteiger partial charge in [-0.1, -0.05) is 0 Å². The first kappa shape index (κ1) is 8.60. The summed E-state index contributed by atoms with van der Waals surface area (Å²) >= 11 is 0. The predicted molar refractivity (Wildman–Crippen MR) is 37.7 cm³/mol. The normalized spacial score (nSPS) is 9.83. The van der Waals surface area contributed by atoms with Crippen LogP contribution in [0.3, 0.4) is 0 Å². The predicted octanol–water partition coefficient (Wildman–Crippen LogP) is -2.18. The van der Waals surface area contributed by atoms with Gasteiger partial charge in [-0.15, -0.1) is 10.2 Å². The van der Waals surface area contributed by atoms with Crippen LogP contribution >= 0.6 is 0 Å². The number of rotatable bonds is 3. The first-order valence-electron chi connectivity index (χ1n) is 3.33. The molecule has 0 bridgehead atoms. The number of nitrogens with zero attached hydrogens (tertiary/aromatic N) is 4. The molecule has 1 aromatic rings. The lowest BCUT2D eigenvalue weighted by Crippen LogP contribution is -2.26. The molecule has 7 nitrogen and oxygen atoms in total. The van der Waals surface area contributed by atoms with E-state index < -0.39 is 12.5 Å². The van der Waals surface area contributed by atoms with Crippen molar-refractivity contribution >= 4 is 5.91 Å². The van der Waals surface area contributed by atoms with Crippen molar-refractivity contribution < 1.29 is 9.90 Å². The van der Waals surface area contributed by atoms with Crippen LogP contribution in [-0.4, -0.2) is 37.8 Å². The van der Waals surface area contributed by atoms with Crippen molar-refractivity contribution in [3.63, 3.8) is 0 Å². The van der Waals surface area contributed by atoms with Gasteiger partial charge in [-0.2, -0.15) is 4.80 Å². The maximum Gasteiger partial charge on any atom is 0.246 e. The number of amides is 1. The van der Waals surface area contributed by atoms with Crippen LogP contribution in [0.25, 0.3) is 0 Å². The number of nitrogens with one attached hydrogen (secondary N) is 1. The molecular formula is C5H9N5O2. The third-order valence-electron chi connectivity index (χ3n) is 1.14. The molecule has 1 aromatic heterocycles. The van der Waals surface area contributed by atoms with E-state index in [1.54, 1.807) is 7.05 Å². The molecule has 0 aliphatic rings. The summed E-state index contributed by atoms with van der Waals surface area (Å²) in [4.78, 5) is 11.8. The fourth-order valence-electron chi connectivity index (χ4n) is 0.628. The topological polar surface area (TPSA) is 92.9 Å². The molecule has 2 N–H and O–H groups in total. The first-order valence-corrected chi connectivity index (χ1v) is 3.33. The molecule has 0 fully saturated rings. The van der Waals surface area contributed by atoms with Gasteiger partial charge in [-0.25, -0.2) is 0 Å². The van der Waals surface area contributed by atoms with Gasteiger partial charge < -0.3 is 10.4 Å². The number of hydrogen-bond acceptors (Lipinski definition) is 5. The van der Waals surface area contributed by atoms with E-state index in [2.05, 4.69) is 20.7 Å². The second-order valence-electron chi connectivity index (χ2n) is 2.13. The van der Waals surface area contributed by atoms with Crippen LogP contribution in [-0.2, 0) is 18.4 Å². The molecule has 66 valence electrons. The summed E-state index contributed by atoms with van der Waals surface area (Å²) < 4.78 is 0. The van der Waals surface area contributed by atoms with Crippen molar-refractivity contribution in [1.82, 2.24) is 25.5 Å². The van der Waals surface area contributed by atoms with Crippen molar-refractivity contribution in [2.24, 2.45) is 7.05 Å². The van der Waals surface area contributed by atoms with E-state index >= 15 is 0 Å². The van der Waals surface area contributed by atoms with Crippen LogP contribution < -0.4 is 5.32 Å². The molecule has 0 aliphatic heterocycles. The smallest absolute Gasteiger partial charge is 0.246 e. The zero-order valence-electron chi connectivity index (χ0n) is 6.56. The largest absolute Gasteiger partial charge is 0.387 e. The summed E-state index contributed by atoms with van der Waals surface area (Å²) in [5.74, 6) is -0.0400. The van der Waals surface area contributed by atoms with Gasteiger partial charge in [0.15, 0.2) is 5.82 Å². The van der Waals surface area contributed by atoms with Crippen LogP contribution in [0.4, 0.5) is 0 Å². The summed E-state index contributed by atoms with van der Waals surface area (Å²) in [7, 11) is 1.63. The van der Waals surface area contributed by atoms with Gasteiger partial charge in [0.25, 0.3) is 0 Å². The highest BCUT2D eigenvalue weighted by molar-refractivity contribution is 5.76. The molecule has 1 rings (SSSR count). The second-order valence-corrected chi connectivity index (χ2v) is 2.13. The molecule has 0 spiro atoms. The van der Waals surface area contributed by atoms with Gasteiger partial charge in [0.1, 0.15) is 6.61 Å². The van der Waals surface area contributed by atoms with Gasteiger partial charge in [0.05, 0.1) is 13.6 Å². The maximum absolute atomic E-state index is 10.5. The number of aliphatic hydroxyl groups is 1. The minimum Gasteiger partial charge on any atom is -0.387 e. The molecule has 7 heteroatoms. The summed E-state index contributed by atoms with van der Waals surface area (Å²) in [5, 5.41) is 21.7. The lowest BCUT2D eigenvalue weighted by Gasteiger charge is -1.96. The SMILES string of the molecule is Cn1nnc(CNC(=O)CO)n1. The minimum atomic E-state index is -0.528. The van der Waals surface area contributed by atoms with Gasteiger partial charge in [-0.05, 0) is 5.21 Å². The molecule has 0 radical (unpaired) electrons. The Morgan fingerprint density at radius 2 is 2.50 bits per heavy atom. The Morgan fingerprint density at radius 3 is 3.00 bits per heavy atom. The van der Waals surface area contributed by atoms with Gasteiger partial charge in [0, 0.05) is 0 Å². The third kappa shape index (κ3) is 2.27. The molecule has 0 saturated heterocycles. The average molecular weight is 171 g/mol. The number of aromatic nitrogens is 4. The lowest BCUT2D eigenvalue weighted by molar-refractivity contribution is -0.124. The van der Waals surface area contributed by atoms with Crippen LogP contribution in [0.15, 0.2) is 0 Å². The van der Waals surface area contributed by atoms with E-state index in [1.807, 2.05) is 0 Å². The highest BCUT2D eigenvalue weighted by Crippen LogP contribution is 1.82. The average Bonchev–Trinajstić information content (AvgIpc) is 2.47. The van der Waals surface area contributed by atoms with Crippen molar-refractivity contribution in [2.45, 2.75) is 6.54 Å². The zero-order chi connectivity index (χ0) is 8.97.